The van der Waals surface area contributed by atoms with E-state index < -0.39 is 23.5 Å². The van der Waals surface area contributed by atoms with Gasteiger partial charge in [0, 0.05) is 11.3 Å². The lowest BCUT2D eigenvalue weighted by Gasteiger charge is -2.25. The fourth-order valence-electron chi connectivity index (χ4n) is 4.28. The predicted octanol–water partition coefficient (Wildman–Crippen LogP) is 6.11. The monoisotopic (exact) mass is 473 g/mol. The molecular formula is C29H28FNO4. The van der Waals surface area contributed by atoms with E-state index in [2.05, 4.69) is 0 Å². The summed E-state index contributed by atoms with van der Waals surface area (Å²) >= 11 is 0. The molecular weight excluding hydrogens is 445 g/mol. The Morgan fingerprint density at radius 1 is 1.00 bits per heavy atom. The Bertz CT molecular complexity index is 1280. The molecule has 0 saturated carbocycles. The molecule has 0 radical (unpaired) electrons. The Labute approximate surface area is 204 Å². The number of rotatable bonds is 7. The summed E-state index contributed by atoms with van der Waals surface area (Å²) in [4.78, 5) is 27.9. The van der Waals surface area contributed by atoms with Gasteiger partial charge in [0.25, 0.3) is 11.7 Å². The smallest absolute Gasteiger partial charge is 0.300 e. The van der Waals surface area contributed by atoms with E-state index >= 15 is 0 Å². The highest BCUT2D eigenvalue weighted by Gasteiger charge is 2.47. The topological polar surface area (TPSA) is 66.8 Å². The number of carbonyl (C=O) groups excluding carboxylic acids is 2. The minimum absolute atomic E-state index is 0.0391. The summed E-state index contributed by atoms with van der Waals surface area (Å²) in [5.41, 5.74) is 3.29. The number of aliphatic hydroxyl groups is 1. The number of benzene rings is 3. The third-order valence-corrected chi connectivity index (χ3v) is 6.16. The molecule has 1 atom stereocenters. The van der Waals surface area contributed by atoms with Crippen molar-refractivity contribution in [3.05, 3.63) is 100 Å². The van der Waals surface area contributed by atoms with E-state index in [4.69, 9.17) is 4.74 Å². The third-order valence-electron chi connectivity index (χ3n) is 6.16. The highest BCUT2D eigenvalue weighted by molar-refractivity contribution is 6.51. The average molecular weight is 474 g/mol. The molecule has 3 aromatic rings. The molecule has 1 fully saturated rings. The van der Waals surface area contributed by atoms with Crippen molar-refractivity contribution in [1.29, 1.82) is 0 Å². The molecule has 3 aromatic carbocycles. The molecule has 0 spiro atoms. The molecule has 0 aromatic heterocycles. The van der Waals surface area contributed by atoms with E-state index in [-0.39, 0.29) is 11.3 Å². The molecule has 35 heavy (non-hydrogen) atoms. The number of amides is 1. The number of hydrogen-bond acceptors (Lipinski definition) is 4. The van der Waals surface area contributed by atoms with Gasteiger partial charge in [0.1, 0.15) is 17.3 Å². The van der Waals surface area contributed by atoms with Gasteiger partial charge in [0.15, 0.2) is 0 Å². The maximum absolute atomic E-state index is 13.7. The van der Waals surface area contributed by atoms with Crippen LogP contribution in [0.3, 0.4) is 0 Å². The Morgan fingerprint density at radius 3 is 2.29 bits per heavy atom. The summed E-state index contributed by atoms with van der Waals surface area (Å²) < 4.78 is 19.4. The highest BCUT2D eigenvalue weighted by Crippen LogP contribution is 2.42. The van der Waals surface area contributed by atoms with Crippen molar-refractivity contribution in [2.75, 3.05) is 11.5 Å². The van der Waals surface area contributed by atoms with E-state index in [0.717, 1.165) is 24.0 Å². The van der Waals surface area contributed by atoms with Gasteiger partial charge in [-0.25, -0.2) is 4.39 Å². The van der Waals surface area contributed by atoms with Gasteiger partial charge in [-0.3, -0.25) is 14.5 Å². The zero-order chi connectivity index (χ0) is 25.1. The zero-order valence-corrected chi connectivity index (χ0v) is 20.0. The van der Waals surface area contributed by atoms with Gasteiger partial charge in [-0.15, -0.1) is 0 Å². The summed E-state index contributed by atoms with van der Waals surface area (Å²) in [6.45, 7) is 6.46. The van der Waals surface area contributed by atoms with Crippen LogP contribution >= 0.6 is 0 Å². The Kier molecular flexibility index (Phi) is 7.01. The van der Waals surface area contributed by atoms with Crippen molar-refractivity contribution in [2.24, 2.45) is 0 Å². The Morgan fingerprint density at radius 2 is 1.69 bits per heavy atom. The largest absolute Gasteiger partial charge is 0.507 e. The molecule has 1 saturated heterocycles. The molecule has 5 nitrogen and oxygen atoms in total. The second kappa shape index (κ2) is 10.1. The van der Waals surface area contributed by atoms with Crippen LogP contribution in [0.2, 0.25) is 0 Å². The first kappa shape index (κ1) is 24.2. The van der Waals surface area contributed by atoms with E-state index in [9.17, 15) is 19.1 Å². The van der Waals surface area contributed by atoms with Crippen LogP contribution in [0.4, 0.5) is 10.1 Å². The maximum atomic E-state index is 13.7. The first-order valence-electron chi connectivity index (χ1n) is 11.7. The minimum atomic E-state index is -0.903. The lowest BCUT2D eigenvalue weighted by atomic mass is 9.94. The molecule has 0 bridgehead atoms. The fraction of sp³-hybridized carbons (Fsp3) is 0.241. The number of anilines is 1. The van der Waals surface area contributed by atoms with Crippen molar-refractivity contribution in [3.8, 4) is 5.75 Å². The number of carbonyl (C=O) groups is 2. The van der Waals surface area contributed by atoms with E-state index in [1.807, 2.05) is 32.9 Å². The van der Waals surface area contributed by atoms with E-state index in [0.29, 0.717) is 29.2 Å². The third kappa shape index (κ3) is 4.69. The maximum Gasteiger partial charge on any atom is 0.300 e. The van der Waals surface area contributed by atoms with Gasteiger partial charge in [-0.1, -0.05) is 38.1 Å². The quantitative estimate of drug-likeness (QED) is 0.255. The number of hydrogen-bond donors (Lipinski definition) is 1. The summed E-state index contributed by atoms with van der Waals surface area (Å²) in [6.07, 6.45) is 1.69. The molecule has 1 N–H and O–H groups in total. The molecule has 1 unspecified atom stereocenters. The van der Waals surface area contributed by atoms with Crippen LogP contribution in [-0.4, -0.2) is 23.4 Å². The van der Waals surface area contributed by atoms with Crippen molar-refractivity contribution in [3.63, 3.8) is 0 Å². The average Bonchev–Trinajstić information content (AvgIpc) is 3.13. The normalized spacial score (nSPS) is 17.1. The molecule has 4 rings (SSSR count). The number of halogens is 1. The second-order valence-electron chi connectivity index (χ2n) is 8.57. The van der Waals surface area contributed by atoms with Crippen molar-refractivity contribution in [1.82, 2.24) is 0 Å². The van der Waals surface area contributed by atoms with Crippen molar-refractivity contribution < 1.29 is 23.8 Å². The first-order chi connectivity index (χ1) is 16.8. The lowest BCUT2D eigenvalue weighted by Crippen LogP contribution is -2.29. The van der Waals surface area contributed by atoms with Crippen LogP contribution in [0.15, 0.2) is 72.3 Å². The number of Topliss-reactive ketones (excluding diaryl/α,β-unsaturated/α-hetero) is 1. The number of ether oxygens (including phenoxy) is 1. The number of aliphatic hydroxyl groups excluding tert-OH is 1. The minimum Gasteiger partial charge on any atom is -0.507 e. The molecule has 0 aliphatic carbocycles. The SMILES string of the molecule is CCCOc1ccc(/C(O)=C2/C(=O)C(=O)N(c3ccc(CC)cc3)C2c2ccc(F)cc2)cc1C. The summed E-state index contributed by atoms with van der Waals surface area (Å²) in [5, 5.41) is 11.3. The van der Waals surface area contributed by atoms with E-state index in [1.165, 1.54) is 29.2 Å². The van der Waals surface area contributed by atoms with Crippen LogP contribution in [0, 0.1) is 12.7 Å². The van der Waals surface area contributed by atoms with Crippen molar-refractivity contribution >= 4 is 23.1 Å². The molecule has 1 aliphatic heterocycles. The van der Waals surface area contributed by atoms with Crippen LogP contribution in [0.25, 0.3) is 5.76 Å². The fourth-order valence-corrected chi connectivity index (χ4v) is 4.28. The molecule has 1 heterocycles. The van der Waals surface area contributed by atoms with Crippen LogP contribution in [-0.2, 0) is 16.0 Å². The first-order valence-corrected chi connectivity index (χ1v) is 11.7. The summed E-state index contributed by atoms with van der Waals surface area (Å²) in [5.74, 6) is -1.56. The number of ketones is 1. The highest BCUT2D eigenvalue weighted by atomic mass is 19.1. The van der Waals surface area contributed by atoms with Gasteiger partial charge in [-0.05, 0) is 78.9 Å². The number of nitrogens with zero attached hydrogens (tertiary/aromatic N) is 1. The standard InChI is InChI=1S/C29H28FNO4/c1-4-16-35-24-15-10-21(17-18(24)3)27(32)25-26(20-8-11-22(30)12-9-20)31(29(34)28(25)33)23-13-6-19(5-2)7-14-23/h6-15,17,26,32H,4-5,16H2,1-3H3/b27-25-. The van der Waals surface area contributed by atoms with Gasteiger partial charge in [0.05, 0.1) is 18.2 Å². The molecule has 1 amide bonds. The van der Waals surface area contributed by atoms with Gasteiger partial charge in [-0.2, -0.15) is 0 Å². The predicted molar refractivity (Wildman–Crippen MR) is 134 cm³/mol. The molecule has 180 valence electrons. The van der Waals surface area contributed by atoms with Crippen LogP contribution < -0.4 is 9.64 Å². The van der Waals surface area contributed by atoms with E-state index in [1.54, 1.807) is 30.3 Å². The second-order valence-corrected chi connectivity index (χ2v) is 8.57. The van der Waals surface area contributed by atoms with Crippen LogP contribution in [0.5, 0.6) is 5.75 Å². The number of aryl methyl sites for hydroxylation is 2. The molecule has 6 heteroatoms. The van der Waals surface area contributed by atoms with Gasteiger partial charge >= 0.3 is 0 Å². The summed E-state index contributed by atoms with van der Waals surface area (Å²) in [7, 11) is 0. The summed E-state index contributed by atoms with van der Waals surface area (Å²) in [6, 6.07) is 17.2. The van der Waals surface area contributed by atoms with Crippen molar-refractivity contribution in [2.45, 2.75) is 39.7 Å². The van der Waals surface area contributed by atoms with Crippen LogP contribution in [0.1, 0.15) is 48.6 Å². The lowest BCUT2D eigenvalue weighted by molar-refractivity contribution is -0.132. The van der Waals surface area contributed by atoms with Gasteiger partial charge in [0.2, 0.25) is 0 Å². The zero-order valence-electron chi connectivity index (χ0n) is 20.0. The van der Waals surface area contributed by atoms with Gasteiger partial charge < -0.3 is 9.84 Å². The molecule has 1 aliphatic rings. The Balaban J connectivity index is 1.86. The Hall–Kier alpha value is -3.93.